The molecule has 1 aliphatic heterocycles. The van der Waals surface area contributed by atoms with Gasteiger partial charge in [-0.3, -0.25) is 9.78 Å². The van der Waals surface area contributed by atoms with E-state index in [1.165, 1.54) is 12.3 Å². The number of hydrogen-bond donors (Lipinski definition) is 1. The van der Waals surface area contributed by atoms with Crippen LogP contribution in [0.15, 0.2) is 53.6 Å². The number of carbonyl (C=O) groups is 1. The molecule has 1 N–H and O–H groups in total. The molecule has 35 heavy (non-hydrogen) atoms. The quantitative estimate of drug-likeness (QED) is 0.552. The summed E-state index contributed by atoms with van der Waals surface area (Å²) >= 11 is 0. The topological polar surface area (TPSA) is 88.6 Å². The monoisotopic (exact) mass is 523 g/mol. The van der Waals surface area contributed by atoms with Crippen LogP contribution in [-0.4, -0.2) is 55.8 Å². The fraction of sp³-hybridized carbons (Fsp3) is 0.333. The zero-order chi connectivity index (χ0) is 25.9. The van der Waals surface area contributed by atoms with E-state index < -0.39 is 47.2 Å². The summed E-state index contributed by atoms with van der Waals surface area (Å²) in [6, 6.07) is 6.88. The highest BCUT2D eigenvalue weighted by Gasteiger charge is 2.32. The number of rotatable bonds is 7. The molecule has 0 atom stereocenters. The van der Waals surface area contributed by atoms with E-state index in [1.807, 2.05) is 0 Å². The van der Waals surface area contributed by atoms with Gasteiger partial charge in [0.05, 0.1) is 11.3 Å². The molecule has 0 saturated carbocycles. The molecule has 0 aliphatic carbocycles. The third kappa shape index (κ3) is 7.18. The maximum absolute atomic E-state index is 12.9. The average Bonchev–Trinajstić information content (AvgIpc) is 2.77. The second kappa shape index (κ2) is 10.2. The van der Waals surface area contributed by atoms with Gasteiger partial charge in [0.1, 0.15) is 11.4 Å². The van der Waals surface area contributed by atoms with Crippen molar-refractivity contribution in [3.8, 4) is 5.75 Å². The van der Waals surface area contributed by atoms with Gasteiger partial charge >= 0.3 is 12.5 Å². The van der Waals surface area contributed by atoms with E-state index in [4.69, 9.17) is 0 Å². The Balaban J connectivity index is 1.72. The Bertz CT molecular complexity index is 1190. The van der Waals surface area contributed by atoms with Crippen molar-refractivity contribution < 1.29 is 44.3 Å². The zero-order valence-corrected chi connectivity index (χ0v) is 18.7. The first-order chi connectivity index (χ1) is 16.3. The normalized spacial score (nSPS) is 15.4. The number of hydrogen-bond acceptors (Lipinski definition) is 5. The number of aromatic nitrogens is 1. The molecular weight excluding hydrogens is 504 g/mol. The number of nitrogens with zero attached hydrogens (tertiary/aromatic N) is 2. The summed E-state index contributed by atoms with van der Waals surface area (Å²) in [5, 5.41) is 2.17. The molecule has 1 aromatic heterocycles. The van der Waals surface area contributed by atoms with Gasteiger partial charge in [0.15, 0.2) is 0 Å². The smallest absolute Gasteiger partial charge is 0.406 e. The fourth-order valence-corrected chi connectivity index (χ4v) is 4.70. The van der Waals surface area contributed by atoms with E-state index in [1.54, 1.807) is 12.1 Å². The van der Waals surface area contributed by atoms with Gasteiger partial charge in [0.2, 0.25) is 10.0 Å². The van der Waals surface area contributed by atoms with E-state index in [2.05, 4.69) is 15.0 Å². The molecule has 1 aromatic carbocycles. The number of sulfonamides is 1. The average molecular weight is 523 g/mol. The van der Waals surface area contributed by atoms with Crippen molar-refractivity contribution in [1.82, 2.24) is 14.6 Å². The lowest BCUT2D eigenvalue weighted by atomic mass is 9.98. The highest BCUT2D eigenvalue weighted by molar-refractivity contribution is 7.89. The van der Waals surface area contributed by atoms with Gasteiger partial charge in [0, 0.05) is 31.4 Å². The predicted molar refractivity (Wildman–Crippen MR) is 112 cm³/mol. The first kappa shape index (κ1) is 26.5. The summed E-state index contributed by atoms with van der Waals surface area (Å²) in [5.74, 6) is -1.35. The first-order valence-corrected chi connectivity index (χ1v) is 11.6. The lowest BCUT2D eigenvalue weighted by molar-refractivity contribution is -0.274. The maximum Gasteiger partial charge on any atom is 0.573 e. The second-order valence-electron chi connectivity index (χ2n) is 7.38. The third-order valence-corrected chi connectivity index (χ3v) is 6.81. The summed E-state index contributed by atoms with van der Waals surface area (Å²) in [5.41, 5.74) is 0.861. The molecule has 0 saturated heterocycles. The molecule has 2 heterocycles. The number of halogens is 6. The highest BCUT2D eigenvalue weighted by atomic mass is 32.2. The summed E-state index contributed by atoms with van der Waals surface area (Å²) < 4.78 is 104. The minimum Gasteiger partial charge on any atom is -0.406 e. The Morgan fingerprint density at radius 1 is 1.09 bits per heavy atom. The van der Waals surface area contributed by atoms with Crippen LogP contribution >= 0.6 is 0 Å². The van der Waals surface area contributed by atoms with Crippen molar-refractivity contribution in [3.05, 3.63) is 59.9 Å². The van der Waals surface area contributed by atoms with Crippen LogP contribution in [0.4, 0.5) is 26.3 Å². The summed E-state index contributed by atoms with van der Waals surface area (Å²) in [6.07, 6.45) is -7.50. The molecular formula is C21H19F6N3O4S. The maximum atomic E-state index is 12.9. The molecule has 0 unspecified atom stereocenters. The van der Waals surface area contributed by atoms with Gasteiger partial charge in [-0.2, -0.15) is 17.5 Å². The van der Waals surface area contributed by atoms with Crippen LogP contribution in [0.3, 0.4) is 0 Å². The standard InChI is InChI=1S/C21H19F6N3O4S/c22-20(23,24)9-11-29-19(31)18-17(2-1-10-28-18)14-7-12-30(13-8-14)35(32,33)16-5-3-15(4-6-16)34-21(25,26)27/h1-7,10H,8-9,11-13H2,(H,29,31). The summed E-state index contributed by atoms with van der Waals surface area (Å²) in [6.45, 7) is -0.711. The Morgan fingerprint density at radius 2 is 1.77 bits per heavy atom. The van der Waals surface area contributed by atoms with Crippen LogP contribution in [0.25, 0.3) is 5.57 Å². The van der Waals surface area contributed by atoms with E-state index in [-0.39, 0.29) is 30.1 Å². The van der Waals surface area contributed by atoms with Crippen LogP contribution in [0.1, 0.15) is 28.9 Å². The number of nitrogens with one attached hydrogen (secondary N) is 1. The number of ether oxygens (including phenoxy) is 1. The number of benzene rings is 1. The first-order valence-electron chi connectivity index (χ1n) is 10.1. The molecule has 2 aromatic rings. The SMILES string of the molecule is O=C(NCCC(F)(F)F)c1ncccc1C1=CCN(S(=O)(=O)c2ccc(OC(F)(F)F)cc2)CC1. The van der Waals surface area contributed by atoms with E-state index in [9.17, 15) is 39.6 Å². The van der Waals surface area contributed by atoms with Gasteiger partial charge < -0.3 is 10.1 Å². The minimum atomic E-state index is -4.91. The van der Waals surface area contributed by atoms with Crippen LogP contribution in [-0.2, 0) is 10.0 Å². The number of alkyl halides is 6. The molecule has 7 nitrogen and oxygen atoms in total. The fourth-order valence-electron chi connectivity index (χ4n) is 3.32. The van der Waals surface area contributed by atoms with Crippen molar-refractivity contribution in [3.63, 3.8) is 0 Å². The van der Waals surface area contributed by atoms with Crippen LogP contribution in [0.5, 0.6) is 5.75 Å². The lowest BCUT2D eigenvalue weighted by Gasteiger charge is -2.26. The minimum absolute atomic E-state index is 0.000996. The number of pyridine rings is 1. The molecule has 0 bridgehead atoms. The number of carbonyl (C=O) groups excluding carboxylic acids is 1. The Labute approximate surface area is 196 Å². The summed E-state index contributed by atoms with van der Waals surface area (Å²) in [7, 11) is -4.03. The van der Waals surface area contributed by atoms with Crippen molar-refractivity contribution in [1.29, 1.82) is 0 Å². The predicted octanol–water partition coefficient (Wildman–Crippen LogP) is 4.14. The Morgan fingerprint density at radius 3 is 2.34 bits per heavy atom. The van der Waals surface area contributed by atoms with Gasteiger partial charge in [-0.25, -0.2) is 8.42 Å². The van der Waals surface area contributed by atoms with Crippen molar-refractivity contribution in [2.75, 3.05) is 19.6 Å². The highest BCUT2D eigenvalue weighted by Crippen LogP contribution is 2.29. The van der Waals surface area contributed by atoms with Crippen LogP contribution in [0, 0.1) is 0 Å². The molecule has 190 valence electrons. The van der Waals surface area contributed by atoms with E-state index in [0.717, 1.165) is 28.6 Å². The zero-order valence-electron chi connectivity index (χ0n) is 17.9. The molecule has 3 rings (SSSR count). The third-order valence-electron chi connectivity index (χ3n) is 4.93. The second-order valence-corrected chi connectivity index (χ2v) is 9.32. The van der Waals surface area contributed by atoms with Gasteiger partial charge in [0.25, 0.3) is 5.91 Å². The molecule has 1 amide bonds. The van der Waals surface area contributed by atoms with Crippen molar-refractivity contribution >= 4 is 21.5 Å². The van der Waals surface area contributed by atoms with Gasteiger partial charge in [-0.05, 0) is 42.3 Å². The van der Waals surface area contributed by atoms with Crippen LogP contribution in [0.2, 0.25) is 0 Å². The Kier molecular flexibility index (Phi) is 7.74. The molecule has 0 fully saturated rings. The van der Waals surface area contributed by atoms with E-state index in [0.29, 0.717) is 11.1 Å². The molecule has 0 radical (unpaired) electrons. The van der Waals surface area contributed by atoms with Gasteiger partial charge in [-0.1, -0.05) is 12.1 Å². The van der Waals surface area contributed by atoms with Crippen molar-refractivity contribution in [2.45, 2.75) is 30.3 Å². The van der Waals surface area contributed by atoms with Crippen molar-refractivity contribution in [2.24, 2.45) is 0 Å². The lowest BCUT2D eigenvalue weighted by Crippen LogP contribution is -2.35. The molecule has 1 aliphatic rings. The van der Waals surface area contributed by atoms with E-state index >= 15 is 0 Å². The molecule has 14 heteroatoms. The number of amides is 1. The summed E-state index contributed by atoms with van der Waals surface area (Å²) in [4.78, 5) is 16.1. The molecule has 0 spiro atoms. The largest absolute Gasteiger partial charge is 0.573 e. The van der Waals surface area contributed by atoms with Crippen LogP contribution < -0.4 is 10.1 Å². The van der Waals surface area contributed by atoms with Gasteiger partial charge in [-0.15, -0.1) is 13.2 Å². The Hall–Kier alpha value is -3.13.